The van der Waals surface area contributed by atoms with Crippen molar-refractivity contribution >= 4 is 5.97 Å². The second kappa shape index (κ2) is 18.7. The lowest BCUT2D eigenvalue weighted by Crippen LogP contribution is -2.16. The van der Waals surface area contributed by atoms with Gasteiger partial charge in [-0.15, -0.1) is 0 Å². The lowest BCUT2D eigenvalue weighted by Gasteiger charge is -2.20. The van der Waals surface area contributed by atoms with E-state index >= 15 is 0 Å². The van der Waals surface area contributed by atoms with E-state index < -0.39 is 17.7 Å². The molecule has 0 aromatic heterocycles. The van der Waals surface area contributed by atoms with Gasteiger partial charge in [0.25, 0.3) is 0 Å². The predicted octanol–water partition coefficient (Wildman–Crippen LogP) is 8.43. The fourth-order valence-electron chi connectivity index (χ4n) is 3.71. The molecule has 0 spiro atoms. The van der Waals surface area contributed by atoms with Crippen LogP contribution in [0.4, 0.5) is 13.2 Å². The maximum Gasteiger partial charge on any atom is 0.416 e. The van der Waals surface area contributed by atoms with E-state index in [0.717, 1.165) is 43.5 Å². The molecule has 2 aromatic carbocycles. The van der Waals surface area contributed by atoms with Crippen molar-refractivity contribution in [3.05, 3.63) is 65.7 Å². The van der Waals surface area contributed by atoms with Crippen LogP contribution in [0.2, 0.25) is 0 Å². The zero-order valence-corrected chi connectivity index (χ0v) is 21.7. The Morgan fingerprint density at radius 3 is 1.94 bits per heavy atom. The molecule has 0 saturated carbocycles. The van der Waals surface area contributed by atoms with Gasteiger partial charge in [-0.25, -0.2) is 0 Å². The number of hydrogen-bond donors (Lipinski definition) is 2. The summed E-state index contributed by atoms with van der Waals surface area (Å²) >= 11 is 0. The minimum absolute atomic E-state index is 0.203. The summed E-state index contributed by atoms with van der Waals surface area (Å²) in [6.07, 6.45) is 7.67. The van der Waals surface area contributed by atoms with Crippen molar-refractivity contribution in [3.63, 3.8) is 0 Å². The van der Waals surface area contributed by atoms with E-state index in [1.807, 2.05) is 37.4 Å². The summed E-state index contributed by atoms with van der Waals surface area (Å²) in [7, 11) is 1.85. The zero-order chi connectivity index (χ0) is 26.7. The summed E-state index contributed by atoms with van der Waals surface area (Å²) < 4.78 is 43.6. The number of benzene rings is 2. The van der Waals surface area contributed by atoms with Crippen molar-refractivity contribution in [2.75, 3.05) is 13.6 Å². The lowest BCUT2D eigenvalue weighted by molar-refractivity contribution is -0.138. The Balaban J connectivity index is 0.000000402. The number of halogens is 3. The van der Waals surface area contributed by atoms with Crippen LogP contribution in [0.1, 0.15) is 94.8 Å². The van der Waals surface area contributed by atoms with Crippen molar-refractivity contribution in [3.8, 4) is 5.75 Å². The molecule has 2 N–H and O–H groups in total. The van der Waals surface area contributed by atoms with Gasteiger partial charge < -0.3 is 15.2 Å². The summed E-state index contributed by atoms with van der Waals surface area (Å²) in [6, 6.07) is 14.4. The largest absolute Gasteiger partial charge is 0.486 e. The van der Waals surface area contributed by atoms with E-state index in [9.17, 15) is 18.0 Å². The number of carboxylic acid groups (broad SMARTS) is 1. The fraction of sp³-hybridized carbons (Fsp3) is 0.552. The number of carbonyl (C=O) groups is 1. The topological polar surface area (TPSA) is 58.6 Å². The Labute approximate surface area is 214 Å². The second-order valence-electron chi connectivity index (χ2n) is 8.90. The molecule has 202 valence electrons. The summed E-state index contributed by atoms with van der Waals surface area (Å²) in [4.78, 5) is 10.2. The third kappa shape index (κ3) is 14.8. The Bertz CT molecular complexity index is 811. The number of unbranched alkanes of at least 4 members (excludes halogenated alkanes) is 8. The Morgan fingerprint density at radius 1 is 0.889 bits per heavy atom. The number of rotatable bonds is 16. The van der Waals surface area contributed by atoms with Gasteiger partial charge >= 0.3 is 12.1 Å². The standard InChI is InChI=1S/C17H18F3NO.C12H24O2/c1-21-12-11-16(13-5-3-2-4-6-13)22-15-9-7-14(8-10-15)17(18,19)20;1-2-3-4-5-6-7-8-9-10-11-12(13)14/h2-10,16,21H,11-12H2,1H3;2-11H2,1H3,(H,13,14). The second-order valence-corrected chi connectivity index (χ2v) is 8.90. The maximum atomic E-state index is 12.6. The number of alkyl halides is 3. The van der Waals surface area contributed by atoms with Crippen LogP contribution in [0.25, 0.3) is 0 Å². The van der Waals surface area contributed by atoms with E-state index in [1.165, 1.54) is 57.1 Å². The average Bonchev–Trinajstić information content (AvgIpc) is 2.86. The van der Waals surface area contributed by atoms with Crippen molar-refractivity contribution < 1.29 is 27.8 Å². The first kappa shape index (κ1) is 31.5. The number of aliphatic carboxylic acids is 1. The molecule has 4 nitrogen and oxygen atoms in total. The SMILES string of the molecule is CCCCCCCCCCCC(=O)O.CNCCC(Oc1ccc(C(F)(F)F)cc1)c1ccccc1. The molecule has 0 aliphatic carbocycles. The molecular formula is C29H42F3NO3. The van der Waals surface area contributed by atoms with Crippen LogP contribution in [0.3, 0.4) is 0 Å². The summed E-state index contributed by atoms with van der Waals surface area (Å²) in [5.41, 5.74) is 0.323. The van der Waals surface area contributed by atoms with Gasteiger partial charge in [0.05, 0.1) is 5.56 Å². The fourth-order valence-corrected chi connectivity index (χ4v) is 3.71. The molecular weight excluding hydrogens is 467 g/mol. The van der Waals surface area contributed by atoms with Crippen LogP contribution < -0.4 is 10.1 Å². The number of ether oxygens (including phenoxy) is 1. The number of nitrogens with one attached hydrogen (secondary N) is 1. The van der Waals surface area contributed by atoms with Crippen LogP contribution in [0, 0.1) is 0 Å². The van der Waals surface area contributed by atoms with Crippen LogP contribution in [-0.2, 0) is 11.0 Å². The molecule has 0 fully saturated rings. The van der Waals surface area contributed by atoms with Crippen molar-refractivity contribution in [1.29, 1.82) is 0 Å². The van der Waals surface area contributed by atoms with Crippen molar-refractivity contribution in [1.82, 2.24) is 5.32 Å². The van der Waals surface area contributed by atoms with Gasteiger partial charge in [0.15, 0.2) is 0 Å². The van der Waals surface area contributed by atoms with Crippen LogP contribution in [0.15, 0.2) is 54.6 Å². The van der Waals surface area contributed by atoms with Gasteiger partial charge in [-0.05, 0) is 49.8 Å². The summed E-state index contributed by atoms with van der Waals surface area (Å²) in [6.45, 7) is 2.98. The van der Waals surface area contributed by atoms with Crippen LogP contribution in [0.5, 0.6) is 5.75 Å². The smallest absolute Gasteiger partial charge is 0.416 e. The van der Waals surface area contributed by atoms with E-state index in [2.05, 4.69) is 12.2 Å². The molecule has 36 heavy (non-hydrogen) atoms. The van der Waals surface area contributed by atoms with Crippen LogP contribution in [-0.4, -0.2) is 24.7 Å². The maximum absolute atomic E-state index is 12.6. The van der Waals surface area contributed by atoms with Gasteiger partial charge in [-0.1, -0.05) is 88.6 Å². The quantitative estimate of drug-likeness (QED) is 0.223. The van der Waals surface area contributed by atoms with E-state index in [1.54, 1.807) is 0 Å². The molecule has 2 aromatic rings. The third-order valence-electron chi connectivity index (χ3n) is 5.78. The van der Waals surface area contributed by atoms with Crippen molar-refractivity contribution in [2.24, 2.45) is 0 Å². The Morgan fingerprint density at radius 2 is 1.44 bits per heavy atom. The van der Waals surface area contributed by atoms with Gasteiger partial charge in [-0.3, -0.25) is 4.79 Å². The zero-order valence-electron chi connectivity index (χ0n) is 21.7. The lowest BCUT2D eigenvalue weighted by atomic mass is 10.1. The molecule has 0 radical (unpaired) electrons. The monoisotopic (exact) mass is 509 g/mol. The van der Waals surface area contributed by atoms with Gasteiger partial charge in [-0.2, -0.15) is 13.2 Å². The first-order valence-electron chi connectivity index (χ1n) is 13.0. The first-order valence-corrected chi connectivity index (χ1v) is 13.0. The molecule has 0 saturated heterocycles. The first-order chi connectivity index (χ1) is 17.3. The molecule has 0 heterocycles. The Kier molecular flexibility index (Phi) is 16.3. The normalized spacial score (nSPS) is 11.9. The molecule has 7 heteroatoms. The van der Waals surface area contributed by atoms with Gasteiger partial charge in [0.2, 0.25) is 0 Å². The highest BCUT2D eigenvalue weighted by Crippen LogP contribution is 2.31. The number of hydrogen-bond acceptors (Lipinski definition) is 3. The molecule has 2 rings (SSSR count). The molecule has 0 amide bonds. The van der Waals surface area contributed by atoms with Gasteiger partial charge in [0, 0.05) is 12.8 Å². The number of carboxylic acids is 1. The van der Waals surface area contributed by atoms with Crippen LogP contribution >= 0.6 is 0 Å². The average molecular weight is 510 g/mol. The molecule has 1 unspecified atom stereocenters. The van der Waals surface area contributed by atoms with E-state index in [-0.39, 0.29) is 6.10 Å². The summed E-state index contributed by atoms with van der Waals surface area (Å²) in [5.74, 6) is -0.231. The van der Waals surface area contributed by atoms with E-state index in [0.29, 0.717) is 12.2 Å². The minimum atomic E-state index is -4.33. The van der Waals surface area contributed by atoms with E-state index in [4.69, 9.17) is 9.84 Å². The van der Waals surface area contributed by atoms with Crippen molar-refractivity contribution in [2.45, 2.75) is 89.8 Å². The predicted molar refractivity (Wildman–Crippen MR) is 139 cm³/mol. The highest BCUT2D eigenvalue weighted by Gasteiger charge is 2.30. The third-order valence-corrected chi connectivity index (χ3v) is 5.78. The molecule has 1 atom stereocenters. The minimum Gasteiger partial charge on any atom is -0.486 e. The van der Waals surface area contributed by atoms with Gasteiger partial charge in [0.1, 0.15) is 11.9 Å². The molecule has 0 bridgehead atoms. The molecule has 0 aliphatic heterocycles. The highest BCUT2D eigenvalue weighted by molar-refractivity contribution is 5.66. The molecule has 0 aliphatic rings. The highest BCUT2D eigenvalue weighted by atomic mass is 19.4. The Hall–Kier alpha value is -2.54. The summed E-state index contributed by atoms with van der Waals surface area (Å²) in [5, 5.41) is 11.5.